The number of aryl methyl sites for hydroxylation is 2. The first-order valence-electron chi connectivity index (χ1n) is 29.0. The van der Waals surface area contributed by atoms with Gasteiger partial charge in [-0.25, -0.2) is 0 Å². The molecule has 2 aliphatic rings. The first kappa shape index (κ1) is 63.9. The average molecular weight is 1130 g/mol. The van der Waals surface area contributed by atoms with E-state index in [1.165, 1.54) is 0 Å². The third kappa shape index (κ3) is 20.9. The van der Waals surface area contributed by atoms with E-state index in [2.05, 4.69) is 37.2 Å². The molecule has 4 aromatic carbocycles. The number of hydrogen-bond donors (Lipinski definition) is 7. The first-order valence-corrected chi connectivity index (χ1v) is 29.0. The molecule has 18 heteroatoms. The predicted molar refractivity (Wildman–Crippen MR) is 314 cm³/mol. The molecule has 7 N–H and O–H groups in total. The summed E-state index contributed by atoms with van der Waals surface area (Å²) in [6.07, 6.45) is 1.65. The minimum absolute atomic E-state index is 0.0177. The summed E-state index contributed by atoms with van der Waals surface area (Å²) < 4.78 is 10.9. The standard InChI is InChI=1S/C64H86N8O10/c1-42(2)36-51(67-58(75)49(30-28-45-20-12-8-13-21-45)65-55(73)40-72-32-34-81-35-33-72)60(77)69-53(38-47-24-16-10-17-25-47)62(79)66-50(31-29-46-22-14-9-15-23-46)59(76)68-52(37-43(3)4)61(78)70-54(39-48-26-18-11-19-27-48)63(80)71-56(44(5)6)57(74)64(7)41-82-64/h8-27,42-44,49-54,56H,28-41H2,1-7H3,(H,65,73)(H,66,79)(H,67,75)(H,68,76)(H,69,77)(H,70,78)(H,71,80)/t49-,50-,51-,52-,53-,54-,56-,64+/m0/s1. The molecule has 442 valence electrons. The number of carbonyl (C=O) groups excluding carboxylic acids is 8. The van der Waals surface area contributed by atoms with Crippen LogP contribution in [-0.4, -0.2) is 139 Å². The molecule has 4 aromatic rings. The highest BCUT2D eigenvalue weighted by Crippen LogP contribution is 2.30. The SMILES string of the molecule is CC(C)C[C@H](NC(=O)[C@H](CCc1ccccc1)NC(=O)CN1CCOCC1)C(=O)N[C@@H](Cc1ccccc1)C(=O)N[C@@H](CCc1ccccc1)C(=O)N[C@@H](CC(C)C)C(=O)N[C@@H](Cc1ccccc1)C(=O)N[C@H](C(=O)[C@@]1(C)CO1)C(C)C. The van der Waals surface area contributed by atoms with E-state index in [4.69, 9.17) is 9.47 Å². The van der Waals surface area contributed by atoms with E-state index in [-0.39, 0.29) is 81.1 Å². The summed E-state index contributed by atoms with van der Waals surface area (Å²) in [5.74, 6) is -4.83. The van der Waals surface area contributed by atoms with Crippen LogP contribution in [0.4, 0.5) is 0 Å². The fourth-order valence-corrected chi connectivity index (χ4v) is 9.91. The van der Waals surface area contributed by atoms with Crippen LogP contribution < -0.4 is 37.2 Å². The molecule has 0 aromatic heterocycles. The van der Waals surface area contributed by atoms with Gasteiger partial charge in [0.05, 0.1) is 32.4 Å². The number of amides is 7. The zero-order valence-electron chi connectivity index (χ0n) is 48.7. The molecular weight excluding hydrogens is 1040 g/mol. The molecule has 82 heavy (non-hydrogen) atoms. The van der Waals surface area contributed by atoms with Gasteiger partial charge in [-0.1, -0.05) is 163 Å². The molecule has 2 fully saturated rings. The summed E-state index contributed by atoms with van der Waals surface area (Å²) in [7, 11) is 0. The molecule has 2 heterocycles. The number of morpholine rings is 1. The summed E-state index contributed by atoms with van der Waals surface area (Å²) >= 11 is 0. The van der Waals surface area contributed by atoms with Crippen molar-refractivity contribution in [1.29, 1.82) is 0 Å². The second-order valence-electron chi connectivity index (χ2n) is 23.1. The average Bonchev–Trinajstić information content (AvgIpc) is 4.27. The molecule has 2 aliphatic heterocycles. The van der Waals surface area contributed by atoms with Crippen molar-refractivity contribution < 1.29 is 47.8 Å². The molecule has 2 saturated heterocycles. The molecule has 7 amide bonds. The van der Waals surface area contributed by atoms with Crippen molar-refractivity contribution >= 4 is 47.1 Å². The number of nitrogens with one attached hydrogen (secondary N) is 7. The third-order valence-corrected chi connectivity index (χ3v) is 14.7. The van der Waals surface area contributed by atoms with E-state index in [0.29, 0.717) is 44.7 Å². The number of Topliss-reactive ketones (excluding diaryl/α,β-unsaturated/α-hetero) is 1. The minimum atomic E-state index is -1.25. The maximum absolute atomic E-state index is 14.9. The lowest BCUT2D eigenvalue weighted by Crippen LogP contribution is -2.61. The van der Waals surface area contributed by atoms with Gasteiger partial charge in [0.15, 0.2) is 5.78 Å². The summed E-state index contributed by atoms with van der Waals surface area (Å²) in [5, 5.41) is 20.4. The monoisotopic (exact) mass is 1130 g/mol. The van der Waals surface area contributed by atoms with Gasteiger partial charge >= 0.3 is 0 Å². The maximum atomic E-state index is 14.9. The number of rotatable bonds is 32. The number of ether oxygens (including phenoxy) is 2. The van der Waals surface area contributed by atoms with Gasteiger partial charge in [0, 0.05) is 25.9 Å². The summed E-state index contributed by atoms with van der Waals surface area (Å²) in [4.78, 5) is 117. The Balaban J connectivity index is 1.23. The molecule has 0 unspecified atom stereocenters. The molecule has 0 aliphatic carbocycles. The van der Waals surface area contributed by atoms with E-state index in [1.807, 2.05) is 168 Å². The largest absolute Gasteiger partial charge is 0.379 e. The molecule has 18 nitrogen and oxygen atoms in total. The fourth-order valence-electron chi connectivity index (χ4n) is 9.91. The molecule has 0 bridgehead atoms. The Morgan fingerprint density at radius 1 is 0.463 bits per heavy atom. The van der Waals surface area contributed by atoms with Crippen molar-refractivity contribution in [3.63, 3.8) is 0 Å². The Kier molecular flexibility index (Phi) is 24.8. The van der Waals surface area contributed by atoms with E-state index < -0.39 is 83.3 Å². The molecule has 0 saturated carbocycles. The highest BCUT2D eigenvalue weighted by Gasteiger charge is 2.51. The van der Waals surface area contributed by atoms with Crippen LogP contribution in [0, 0.1) is 17.8 Å². The Morgan fingerprint density at radius 2 is 0.805 bits per heavy atom. The highest BCUT2D eigenvalue weighted by atomic mass is 16.6. The highest BCUT2D eigenvalue weighted by molar-refractivity contribution is 5.99. The van der Waals surface area contributed by atoms with Gasteiger partial charge < -0.3 is 46.7 Å². The van der Waals surface area contributed by atoms with Gasteiger partial charge in [-0.15, -0.1) is 0 Å². The Morgan fingerprint density at radius 3 is 1.20 bits per heavy atom. The third-order valence-electron chi connectivity index (χ3n) is 14.7. The molecule has 0 radical (unpaired) electrons. The van der Waals surface area contributed by atoms with Crippen LogP contribution in [0.5, 0.6) is 0 Å². The van der Waals surface area contributed by atoms with Crippen molar-refractivity contribution in [2.24, 2.45) is 17.8 Å². The van der Waals surface area contributed by atoms with E-state index in [1.54, 1.807) is 6.92 Å². The zero-order valence-corrected chi connectivity index (χ0v) is 48.7. The topological polar surface area (TPSA) is 246 Å². The van der Waals surface area contributed by atoms with Gasteiger partial charge in [0.1, 0.15) is 41.9 Å². The Labute approximate surface area is 483 Å². The van der Waals surface area contributed by atoms with Crippen molar-refractivity contribution in [2.75, 3.05) is 39.5 Å². The summed E-state index contributed by atoms with van der Waals surface area (Å²) in [6.45, 7) is 15.4. The maximum Gasteiger partial charge on any atom is 0.243 e. The minimum Gasteiger partial charge on any atom is -0.379 e. The predicted octanol–water partition coefficient (Wildman–Crippen LogP) is 4.57. The number of nitrogens with zero attached hydrogens (tertiary/aromatic N) is 1. The van der Waals surface area contributed by atoms with Crippen LogP contribution >= 0.6 is 0 Å². The van der Waals surface area contributed by atoms with Crippen molar-refractivity contribution in [3.05, 3.63) is 144 Å². The molecule has 8 atom stereocenters. The zero-order chi connectivity index (χ0) is 59.2. The van der Waals surface area contributed by atoms with Gasteiger partial charge in [0.2, 0.25) is 41.4 Å². The lowest BCUT2D eigenvalue weighted by Gasteiger charge is -2.29. The lowest BCUT2D eigenvalue weighted by molar-refractivity contribution is -0.136. The van der Waals surface area contributed by atoms with Gasteiger partial charge in [-0.05, 0) is 85.5 Å². The van der Waals surface area contributed by atoms with Crippen LogP contribution in [0.3, 0.4) is 0 Å². The van der Waals surface area contributed by atoms with Crippen LogP contribution in [0.2, 0.25) is 0 Å². The number of epoxide rings is 1. The number of benzene rings is 4. The summed E-state index contributed by atoms with van der Waals surface area (Å²) in [6, 6.07) is 29.5. The molecule has 6 rings (SSSR count). The van der Waals surface area contributed by atoms with Crippen molar-refractivity contribution in [1.82, 2.24) is 42.1 Å². The number of hydrogen-bond acceptors (Lipinski definition) is 11. The van der Waals surface area contributed by atoms with E-state index in [0.717, 1.165) is 16.7 Å². The van der Waals surface area contributed by atoms with Gasteiger partial charge in [0.25, 0.3) is 0 Å². The first-order chi connectivity index (χ1) is 39.3. The van der Waals surface area contributed by atoms with Gasteiger partial charge in [-0.3, -0.25) is 43.3 Å². The Bertz CT molecular complexity index is 2700. The van der Waals surface area contributed by atoms with Crippen molar-refractivity contribution in [3.8, 4) is 0 Å². The molecule has 0 spiro atoms. The fraction of sp³-hybridized carbons (Fsp3) is 0.500. The van der Waals surface area contributed by atoms with E-state index >= 15 is 0 Å². The van der Waals surface area contributed by atoms with Crippen LogP contribution in [0.1, 0.15) is 96.4 Å². The van der Waals surface area contributed by atoms with Crippen LogP contribution in [0.15, 0.2) is 121 Å². The smallest absolute Gasteiger partial charge is 0.243 e. The lowest BCUT2D eigenvalue weighted by atomic mass is 9.91. The Hall–Kier alpha value is -7.28. The second-order valence-corrected chi connectivity index (χ2v) is 23.1. The summed E-state index contributed by atoms with van der Waals surface area (Å²) in [5.41, 5.74) is 2.33. The molecular formula is C64H86N8O10. The van der Waals surface area contributed by atoms with Crippen LogP contribution in [-0.2, 0) is 73.5 Å². The van der Waals surface area contributed by atoms with E-state index in [9.17, 15) is 38.4 Å². The van der Waals surface area contributed by atoms with Crippen molar-refractivity contribution in [2.45, 2.75) is 148 Å². The van der Waals surface area contributed by atoms with Gasteiger partial charge in [-0.2, -0.15) is 0 Å². The number of carbonyl (C=O) groups is 8. The normalized spacial score (nSPS) is 17.7. The quantitative estimate of drug-likeness (QED) is 0.0334. The number of ketones is 1. The second kappa shape index (κ2) is 31.8. The van der Waals surface area contributed by atoms with Crippen LogP contribution in [0.25, 0.3) is 0 Å².